The van der Waals surface area contributed by atoms with Gasteiger partial charge in [0.2, 0.25) is 0 Å². The van der Waals surface area contributed by atoms with Crippen molar-refractivity contribution in [1.82, 2.24) is 4.98 Å². The fourth-order valence-electron chi connectivity index (χ4n) is 2.27. The number of aryl methyl sites for hydroxylation is 1. The molecule has 17 heavy (non-hydrogen) atoms. The molecule has 1 aromatic heterocycles. The molecule has 2 unspecified atom stereocenters. The van der Waals surface area contributed by atoms with Gasteiger partial charge in [0.1, 0.15) is 5.82 Å². The number of anilines is 1. The third-order valence-corrected chi connectivity index (χ3v) is 3.30. The second-order valence-corrected chi connectivity index (χ2v) is 4.70. The summed E-state index contributed by atoms with van der Waals surface area (Å²) in [6, 6.07) is 5.75. The van der Waals surface area contributed by atoms with E-state index in [0.29, 0.717) is 11.5 Å². The van der Waals surface area contributed by atoms with Crippen LogP contribution >= 0.6 is 0 Å². The van der Waals surface area contributed by atoms with Gasteiger partial charge in [-0.3, -0.25) is 0 Å². The van der Waals surface area contributed by atoms with Crippen LogP contribution in [0.4, 0.5) is 5.82 Å². The van der Waals surface area contributed by atoms with Gasteiger partial charge in [-0.2, -0.15) is 5.26 Å². The fraction of sp³-hybridized carbons (Fsp3) is 0.538. The van der Waals surface area contributed by atoms with E-state index < -0.39 is 0 Å². The van der Waals surface area contributed by atoms with Crippen LogP contribution in [0.1, 0.15) is 24.6 Å². The number of hydrogen-bond donors (Lipinski definition) is 1. The topological polar surface area (TPSA) is 60.2 Å². The van der Waals surface area contributed by atoms with Crippen LogP contribution < -0.4 is 4.90 Å². The van der Waals surface area contributed by atoms with Gasteiger partial charge in [0.25, 0.3) is 0 Å². The first-order valence-corrected chi connectivity index (χ1v) is 5.92. The third-order valence-electron chi connectivity index (χ3n) is 3.30. The van der Waals surface area contributed by atoms with Crippen molar-refractivity contribution in [2.75, 3.05) is 18.0 Å². The molecule has 90 valence electrons. The maximum atomic E-state index is 9.57. The van der Waals surface area contributed by atoms with Crippen molar-refractivity contribution < 1.29 is 5.11 Å². The number of aliphatic hydroxyl groups excluding tert-OH is 1. The summed E-state index contributed by atoms with van der Waals surface area (Å²) in [5.74, 6) is 1.16. The van der Waals surface area contributed by atoms with Crippen molar-refractivity contribution in [2.24, 2.45) is 5.92 Å². The van der Waals surface area contributed by atoms with Gasteiger partial charge in [-0.1, -0.05) is 0 Å². The van der Waals surface area contributed by atoms with Crippen molar-refractivity contribution in [3.05, 3.63) is 23.4 Å². The molecular weight excluding hydrogens is 214 g/mol. The van der Waals surface area contributed by atoms with Gasteiger partial charge in [-0.25, -0.2) is 4.98 Å². The number of rotatable bonds is 2. The van der Waals surface area contributed by atoms with E-state index in [0.717, 1.165) is 31.0 Å². The minimum atomic E-state index is -0.278. The Kier molecular flexibility index (Phi) is 3.30. The molecule has 0 aromatic carbocycles. The number of pyridine rings is 1. The van der Waals surface area contributed by atoms with Crippen LogP contribution in [0.2, 0.25) is 0 Å². The summed E-state index contributed by atoms with van der Waals surface area (Å²) in [6.45, 7) is 5.45. The molecular formula is C13H17N3O. The lowest BCUT2D eigenvalue weighted by molar-refractivity contribution is 0.136. The van der Waals surface area contributed by atoms with Crippen molar-refractivity contribution in [3.63, 3.8) is 0 Å². The first kappa shape index (κ1) is 11.9. The Morgan fingerprint density at radius 2 is 2.35 bits per heavy atom. The van der Waals surface area contributed by atoms with Crippen molar-refractivity contribution in [1.29, 1.82) is 5.26 Å². The lowest BCUT2D eigenvalue weighted by Crippen LogP contribution is -2.24. The Hall–Kier alpha value is -1.60. The average Bonchev–Trinajstić information content (AvgIpc) is 2.77. The molecule has 0 saturated carbocycles. The zero-order valence-electron chi connectivity index (χ0n) is 10.2. The van der Waals surface area contributed by atoms with E-state index in [1.54, 1.807) is 6.07 Å². The van der Waals surface area contributed by atoms with Crippen LogP contribution in [-0.2, 0) is 0 Å². The predicted octanol–water partition coefficient (Wildman–Crippen LogP) is 1.47. The van der Waals surface area contributed by atoms with Crippen LogP contribution in [-0.4, -0.2) is 29.3 Å². The number of nitrogens with zero attached hydrogens (tertiary/aromatic N) is 3. The zero-order valence-corrected chi connectivity index (χ0v) is 10.2. The monoisotopic (exact) mass is 231 g/mol. The molecule has 1 saturated heterocycles. The van der Waals surface area contributed by atoms with E-state index >= 15 is 0 Å². The van der Waals surface area contributed by atoms with Crippen LogP contribution in [0.25, 0.3) is 0 Å². The molecule has 1 N–H and O–H groups in total. The third kappa shape index (κ3) is 2.56. The van der Waals surface area contributed by atoms with Crippen molar-refractivity contribution >= 4 is 5.82 Å². The quantitative estimate of drug-likeness (QED) is 0.837. The molecule has 2 atom stereocenters. The minimum absolute atomic E-state index is 0.278. The van der Waals surface area contributed by atoms with Gasteiger partial charge in [-0.05, 0) is 32.4 Å². The first-order chi connectivity index (χ1) is 8.10. The Morgan fingerprint density at radius 3 is 2.94 bits per heavy atom. The molecule has 0 spiro atoms. The maximum absolute atomic E-state index is 9.57. The van der Waals surface area contributed by atoms with Crippen LogP contribution in [0.3, 0.4) is 0 Å². The summed E-state index contributed by atoms with van der Waals surface area (Å²) < 4.78 is 0. The van der Waals surface area contributed by atoms with E-state index in [4.69, 9.17) is 5.26 Å². The number of hydrogen-bond acceptors (Lipinski definition) is 4. The maximum Gasteiger partial charge on any atom is 0.130 e. The predicted molar refractivity (Wildman–Crippen MR) is 65.7 cm³/mol. The highest BCUT2D eigenvalue weighted by molar-refractivity contribution is 5.47. The van der Waals surface area contributed by atoms with Gasteiger partial charge in [-0.15, -0.1) is 0 Å². The molecule has 0 aliphatic carbocycles. The van der Waals surface area contributed by atoms with Crippen LogP contribution in [0.5, 0.6) is 0 Å². The molecule has 0 amide bonds. The standard InChI is InChI=1S/C13H17N3O/c1-9-5-11(7-14)6-13(15-9)16-4-3-12(8-16)10(2)17/h5-6,10,12,17H,3-4,8H2,1-2H3. The highest BCUT2D eigenvalue weighted by atomic mass is 16.3. The van der Waals surface area contributed by atoms with Gasteiger partial charge in [0.15, 0.2) is 0 Å². The molecule has 2 rings (SSSR count). The van der Waals surface area contributed by atoms with E-state index in [1.165, 1.54) is 0 Å². The second-order valence-electron chi connectivity index (χ2n) is 4.70. The summed E-state index contributed by atoms with van der Waals surface area (Å²) in [4.78, 5) is 6.59. The molecule has 1 fully saturated rings. The number of nitriles is 1. The van der Waals surface area contributed by atoms with E-state index in [2.05, 4.69) is 16.0 Å². The molecule has 0 bridgehead atoms. The summed E-state index contributed by atoms with van der Waals surface area (Å²) in [5.41, 5.74) is 1.51. The van der Waals surface area contributed by atoms with Crippen LogP contribution in [0, 0.1) is 24.2 Å². The van der Waals surface area contributed by atoms with E-state index in [-0.39, 0.29) is 6.10 Å². The van der Waals surface area contributed by atoms with Gasteiger partial charge in [0, 0.05) is 24.7 Å². The molecule has 0 radical (unpaired) electrons. The van der Waals surface area contributed by atoms with E-state index in [9.17, 15) is 5.11 Å². The van der Waals surface area contributed by atoms with E-state index in [1.807, 2.05) is 19.9 Å². The van der Waals surface area contributed by atoms with Gasteiger partial charge < -0.3 is 10.0 Å². The average molecular weight is 231 g/mol. The lowest BCUT2D eigenvalue weighted by Gasteiger charge is -2.19. The summed E-state index contributed by atoms with van der Waals surface area (Å²) in [6.07, 6.45) is 0.704. The zero-order chi connectivity index (χ0) is 12.4. The Balaban J connectivity index is 2.19. The summed E-state index contributed by atoms with van der Waals surface area (Å²) >= 11 is 0. The molecule has 2 heterocycles. The molecule has 1 aromatic rings. The summed E-state index contributed by atoms with van der Waals surface area (Å²) in [7, 11) is 0. The Labute approximate surface area is 102 Å². The molecule has 4 nitrogen and oxygen atoms in total. The Bertz CT molecular complexity index is 450. The normalized spacial score (nSPS) is 21.3. The second kappa shape index (κ2) is 4.72. The SMILES string of the molecule is Cc1cc(C#N)cc(N2CCC(C(C)O)C2)n1. The minimum Gasteiger partial charge on any atom is -0.393 e. The smallest absolute Gasteiger partial charge is 0.130 e. The number of aliphatic hydroxyl groups is 1. The molecule has 1 aliphatic rings. The van der Waals surface area contributed by atoms with Crippen molar-refractivity contribution in [3.8, 4) is 6.07 Å². The first-order valence-electron chi connectivity index (χ1n) is 5.92. The largest absolute Gasteiger partial charge is 0.393 e. The van der Waals surface area contributed by atoms with Crippen LogP contribution in [0.15, 0.2) is 12.1 Å². The molecule has 4 heteroatoms. The van der Waals surface area contributed by atoms with Crippen molar-refractivity contribution in [2.45, 2.75) is 26.4 Å². The highest BCUT2D eigenvalue weighted by Gasteiger charge is 2.26. The lowest BCUT2D eigenvalue weighted by atomic mass is 10.0. The Morgan fingerprint density at radius 1 is 1.59 bits per heavy atom. The highest BCUT2D eigenvalue weighted by Crippen LogP contribution is 2.25. The molecule has 1 aliphatic heterocycles. The fourth-order valence-corrected chi connectivity index (χ4v) is 2.27. The van der Waals surface area contributed by atoms with Gasteiger partial charge >= 0.3 is 0 Å². The number of aromatic nitrogens is 1. The van der Waals surface area contributed by atoms with Gasteiger partial charge in [0.05, 0.1) is 17.7 Å². The summed E-state index contributed by atoms with van der Waals surface area (Å²) in [5, 5.41) is 18.5.